The highest BCUT2D eigenvalue weighted by molar-refractivity contribution is 7.85. The van der Waals surface area contributed by atoms with Gasteiger partial charge in [0.05, 0.1) is 15.7 Å². The number of nitrogens with two attached hydrogens (primary N) is 2. The number of carbonyl (C=O) groups excluding carboxylic acids is 1. The van der Waals surface area contributed by atoms with Crippen molar-refractivity contribution in [1.29, 1.82) is 0 Å². The van der Waals surface area contributed by atoms with E-state index in [0.29, 0.717) is 0 Å². The molecular formula is C9H11FN2O2S. The minimum Gasteiger partial charge on any atom is -0.399 e. The Morgan fingerprint density at radius 2 is 2.13 bits per heavy atom. The van der Waals surface area contributed by atoms with Crippen molar-refractivity contribution in [2.24, 2.45) is 5.73 Å². The van der Waals surface area contributed by atoms with Gasteiger partial charge in [-0.25, -0.2) is 4.39 Å². The van der Waals surface area contributed by atoms with Crippen LogP contribution in [0.4, 0.5) is 10.1 Å². The van der Waals surface area contributed by atoms with E-state index in [4.69, 9.17) is 11.5 Å². The van der Waals surface area contributed by atoms with Gasteiger partial charge in [-0.2, -0.15) is 0 Å². The summed E-state index contributed by atoms with van der Waals surface area (Å²) < 4.78 is 24.7. The van der Waals surface area contributed by atoms with Gasteiger partial charge in [-0.3, -0.25) is 9.00 Å². The Bertz CT molecular complexity index is 409. The molecular weight excluding hydrogens is 219 g/mol. The number of rotatable bonds is 4. The molecule has 0 heterocycles. The highest BCUT2D eigenvalue weighted by Crippen LogP contribution is 2.16. The van der Waals surface area contributed by atoms with Crippen molar-refractivity contribution in [2.45, 2.75) is 11.3 Å². The fourth-order valence-electron chi connectivity index (χ4n) is 1.00. The number of hydrogen-bond acceptors (Lipinski definition) is 3. The molecule has 4 N–H and O–H groups in total. The molecule has 1 aromatic rings. The molecule has 0 aliphatic heterocycles. The number of carbonyl (C=O) groups is 1. The zero-order chi connectivity index (χ0) is 11.4. The Morgan fingerprint density at radius 1 is 1.47 bits per heavy atom. The summed E-state index contributed by atoms with van der Waals surface area (Å²) in [5, 5.41) is 0. The van der Waals surface area contributed by atoms with E-state index in [0.717, 1.165) is 6.07 Å². The molecule has 1 atom stereocenters. The summed E-state index contributed by atoms with van der Waals surface area (Å²) in [6.07, 6.45) is -0.0313. The summed E-state index contributed by atoms with van der Waals surface area (Å²) in [6, 6.07) is 3.90. The molecule has 0 spiro atoms. The Morgan fingerprint density at radius 3 is 2.67 bits per heavy atom. The summed E-state index contributed by atoms with van der Waals surface area (Å²) in [7, 11) is -1.56. The maximum Gasteiger partial charge on any atom is 0.218 e. The Labute approximate surface area is 88.9 Å². The first-order valence-corrected chi connectivity index (χ1v) is 5.54. The van der Waals surface area contributed by atoms with Crippen LogP contribution >= 0.6 is 0 Å². The van der Waals surface area contributed by atoms with Gasteiger partial charge in [-0.15, -0.1) is 0 Å². The number of anilines is 1. The van der Waals surface area contributed by atoms with Crippen molar-refractivity contribution in [3.8, 4) is 0 Å². The van der Waals surface area contributed by atoms with Gasteiger partial charge in [-0.05, 0) is 18.2 Å². The third kappa shape index (κ3) is 3.32. The first-order chi connectivity index (χ1) is 7.00. The van der Waals surface area contributed by atoms with Crippen LogP contribution in [0.5, 0.6) is 0 Å². The van der Waals surface area contributed by atoms with E-state index in [1.807, 2.05) is 0 Å². The SMILES string of the molecule is NC(=O)CCS(=O)c1ccc(N)cc1F. The predicted molar refractivity (Wildman–Crippen MR) is 55.9 cm³/mol. The summed E-state index contributed by atoms with van der Waals surface area (Å²) >= 11 is 0. The molecule has 15 heavy (non-hydrogen) atoms. The van der Waals surface area contributed by atoms with Crippen LogP contribution in [0.25, 0.3) is 0 Å². The van der Waals surface area contributed by atoms with Gasteiger partial charge < -0.3 is 11.5 Å². The molecule has 0 saturated heterocycles. The van der Waals surface area contributed by atoms with Crippen LogP contribution in [0.2, 0.25) is 0 Å². The smallest absolute Gasteiger partial charge is 0.218 e. The highest BCUT2D eigenvalue weighted by atomic mass is 32.2. The van der Waals surface area contributed by atoms with Gasteiger partial charge in [-0.1, -0.05) is 0 Å². The van der Waals surface area contributed by atoms with Crippen LogP contribution in [0.15, 0.2) is 23.1 Å². The number of amides is 1. The zero-order valence-corrected chi connectivity index (χ0v) is 8.72. The Balaban J connectivity index is 2.78. The van der Waals surface area contributed by atoms with Crippen LogP contribution < -0.4 is 11.5 Å². The maximum atomic E-state index is 13.2. The van der Waals surface area contributed by atoms with E-state index < -0.39 is 22.5 Å². The Hall–Kier alpha value is -1.43. The van der Waals surface area contributed by atoms with Gasteiger partial charge in [0, 0.05) is 17.9 Å². The van der Waals surface area contributed by atoms with E-state index in [1.54, 1.807) is 0 Å². The van der Waals surface area contributed by atoms with E-state index >= 15 is 0 Å². The molecule has 1 amide bonds. The average molecular weight is 230 g/mol. The Kier molecular flexibility index (Phi) is 3.79. The fourth-order valence-corrected chi connectivity index (χ4v) is 2.11. The fraction of sp³-hybridized carbons (Fsp3) is 0.222. The second kappa shape index (κ2) is 4.88. The molecule has 1 rings (SSSR count). The van der Waals surface area contributed by atoms with Gasteiger partial charge in [0.25, 0.3) is 0 Å². The molecule has 0 radical (unpaired) electrons. The van der Waals surface area contributed by atoms with Crippen molar-refractivity contribution >= 4 is 22.4 Å². The number of nitrogen functional groups attached to an aromatic ring is 1. The molecule has 0 aromatic heterocycles. The number of primary amides is 1. The van der Waals surface area contributed by atoms with Gasteiger partial charge in [0.1, 0.15) is 5.82 Å². The second-order valence-electron chi connectivity index (χ2n) is 2.96. The summed E-state index contributed by atoms with van der Waals surface area (Å²) in [5.74, 6) is -1.16. The zero-order valence-electron chi connectivity index (χ0n) is 7.90. The normalized spacial score (nSPS) is 12.3. The maximum absolute atomic E-state index is 13.2. The second-order valence-corrected chi connectivity index (χ2v) is 4.49. The van der Waals surface area contributed by atoms with Crippen LogP contribution in [0, 0.1) is 5.82 Å². The molecule has 1 aromatic carbocycles. The molecule has 6 heteroatoms. The lowest BCUT2D eigenvalue weighted by Crippen LogP contribution is -2.14. The van der Waals surface area contributed by atoms with Crippen molar-refractivity contribution < 1.29 is 13.4 Å². The van der Waals surface area contributed by atoms with Crippen molar-refractivity contribution in [3.63, 3.8) is 0 Å². The topological polar surface area (TPSA) is 86.2 Å². The largest absolute Gasteiger partial charge is 0.399 e. The molecule has 0 aliphatic rings. The van der Waals surface area contributed by atoms with Crippen molar-refractivity contribution in [2.75, 3.05) is 11.5 Å². The van der Waals surface area contributed by atoms with E-state index in [2.05, 4.69) is 0 Å². The monoisotopic (exact) mass is 230 g/mol. The molecule has 1 unspecified atom stereocenters. The first-order valence-electron chi connectivity index (χ1n) is 4.22. The molecule has 0 saturated carbocycles. The molecule has 0 bridgehead atoms. The minimum atomic E-state index is -1.56. The summed E-state index contributed by atoms with van der Waals surface area (Å²) in [4.78, 5) is 10.5. The standard InChI is InChI=1S/C9H11FN2O2S/c10-7-5-6(11)1-2-8(7)15(14)4-3-9(12)13/h1-2,5H,3-4,11H2,(H2,12,13). The van der Waals surface area contributed by atoms with Crippen LogP contribution in [0.1, 0.15) is 6.42 Å². The van der Waals surface area contributed by atoms with E-state index in [1.165, 1.54) is 12.1 Å². The molecule has 0 aliphatic carbocycles. The summed E-state index contributed by atoms with van der Waals surface area (Å²) in [6.45, 7) is 0. The molecule has 0 fully saturated rings. The van der Waals surface area contributed by atoms with Crippen molar-refractivity contribution in [3.05, 3.63) is 24.0 Å². The van der Waals surface area contributed by atoms with Gasteiger partial charge in [0.2, 0.25) is 5.91 Å². The van der Waals surface area contributed by atoms with E-state index in [-0.39, 0.29) is 22.8 Å². The third-order valence-electron chi connectivity index (χ3n) is 1.74. The lowest BCUT2D eigenvalue weighted by atomic mass is 10.3. The predicted octanol–water partition coefficient (Wildman–Crippen LogP) is 0.391. The van der Waals surface area contributed by atoms with Crippen molar-refractivity contribution in [1.82, 2.24) is 0 Å². The number of halogens is 1. The minimum absolute atomic E-state index is 0.0240. The van der Waals surface area contributed by atoms with E-state index in [9.17, 15) is 13.4 Å². The number of hydrogen-bond donors (Lipinski definition) is 2. The van der Waals surface area contributed by atoms with Crippen LogP contribution in [0.3, 0.4) is 0 Å². The third-order valence-corrected chi connectivity index (χ3v) is 3.13. The first kappa shape index (κ1) is 11.6. The quantitative estimate of drug-likeness (QED) is 0.734. The summed E-state index contributed by atoms with van der Waals surface area (Å²) in [5.41, 5.74) is 10.5. The molecule has 82 valence electrons. The van der Waals surface area contributed by atoms with Gasteiger partial charge >= 0.3 is 0 Å². The molecule has 4 nitrogen and oxygen atoms in total. The average Bonchev–Trinajstić information content (AvgIpc) is 2.14. The number of benzene rings is 1. The van der Waals surface area contributed by atoms with Crippen LogP contribution in [-0.2, 0) is 15.6 Å². The van der Waals surface area contributed by atoms with Gasteiger partial charge in [0.15, 0.2) is 0 Å². The van der Waals surface area contributed by atoms with Crippen LogP contribution in [-0.4, -0.2) is 15.9 Å². The lowest BCUT2D eigenvalue weighted by Gasteiger charge is -2.03. The lowest BCUT2D eigenvalue weighted by molar-refractivity contribution is -0.117. The highest BCUT2D eigenvalue weighted by Gasteiger charge is 2.10.